The van der Waals surface area contributed by atoms with Crippen molar-refractivity contribution in [3.8, 4) is 0 Å². The highest BCUT2D eigenvalue weighted by Crippen LogP contribution is 2.43. The molecule has 2 aliphatic rings. The fourth-order valence-electron chi connectivity index (χ4n) is 5.57. The number of hydrogen-bond acceptors (Lipinski definition) is 10. The molecule has 1 spiro atoms. The smallest absolute Gasteiger partial charge is 0.269 e. The first-order valence-corrected chi connectivity index (χ1v) is 16.1. The van der Waals surface area contributed by atoms with Gasteiger partial charge in [-0.2, -0.15) is 0 Å². The van der Waals surface area contributed by atoms with Crippen molar-refractivity contribution in [3.05, 3.63) is 63.7 Å². The van der Waals surface area contributed by atoms with Crippen LogP contribution in [0.1, 0.15) is 60.9 Å². The van der Waals surface area contributed by atoms with E-state index in [1.54, 1.807) is 37.2 Å². The van der Waals surface area contributed by atoms with Crippen molar-refractivity contribution in [1.29, 1.82) is 0 Å². The van der Waals surface area contributed by atoms with Gasteiger partial charge in [-0.3, -0.25) is 24.5 Å². The topological polar surface area (TPSA) is 154 Å². The number of unbranched alkanes of at least 4 members (excludes halogenated alkanes) is 1. The Labute approximate surface area is 269 Å². The van der Waals surface area contributed by atoms with E-state index in [9.17, 15) is 29.3 Å². The number of aldehydes is 2. The van der Waals surface area contributed by atoms with Crippen molar-refractivity contribution in [2.45, 2.75) is 56.4 Å². The number of nitro groups is 1. The van der Waals surface area contributed by atoms with Crippen LogP contribution in [-0.2, 0) is 20.9 Å². The Morgan fingerprint density at radius 2 is 1.67 bits per heavy atom. The molecule has 0 unspecified atom stereocenters. The van der Waals surface area contributed by atoms with Crippen LogP contribution in [-0.4, -0.2) is 85.3 Å². The largest absolute Gasteiger partial charge is 0.376 e. The number of carbonyl (C=O) groups excluding carboxylic acids is 4. The van der Waals surface area contributed by atoms with Gasteiger partial charge in [0.15, 0.2) is 0 Å². The van der Waals surface area contributed by atoms with E-state index in [2.05, 4.69) is 20.3 Å². The minimum absolute atomic E-state index is 0.00292. The summed E-state index contributed by atoms with van der Waals surface area (Å²) in [6.07, 6.45) is 7.48. The number of nitrogens with one attached hydrogen (secondary N) is 3. The molecule has 0 aromatic heterocycles. The van der Waals surface area contributed by atoms with Gasteiger partial charge in [-0.25, -0.2) is 4.31 Å². The Kier molecular flexibility index (Phi) is 14.4. The van der Waals surface area contributed by atoms with Crippen molar-refractivity contribution in [1.82, 2.24) is 19.8 Å². The van der Waals surface area contributed by atoms with E-state index in [1.165, 1.54) is 0 Å². The zero-order valence-electron chi connectivity index (χ0n) is 26.1. The molecule has 2 fully saturated rings. The second-order valence-electron chi connectivity index (χ2n) is 11.3. The fourth-order valence-corrected chi connectivity index (χ4v) is 6.49. The number of nitro benzene ring substituents is 1. The molecule has 2 aliphatic heterocycles. The highest BCUT2D eigenvalue weighted by atomic mass is 32.2. The summed E-state index contributed by atoms with van der Waals surface area (Å²) in [5.74, 6) is 0.0831. The summed E-state index contributed by atoms with van der Waals surface area (Å²) in [4.78, 5) is 57.9. The third kappa shape index (κ3) is 10.9. The number of likely N-dealkylation sites (tertiary alicyclic amines) is 1. The molecule has 2 aromatic rings. The summed E-state index contributed by atoms with van der Waals surface area (Å²) >= 11 is 1.66. The molecule has 2 heterocycles. The number of carbonyl (C=O) groups is 4. The predicted octanol–water partition coefficient (Wildman–Crippen LogP) is 4.05. The van der Waals surface area contributed by atoms with Crippen molar-refractivity contribution in [2.24, 2.45) is 5.41 Å². The van der Waals surface area contributed by atoms with Gasteiger partial charge < -0.3 is 25.6 Å². The van der Waals surface area contributed by atoms with Crippen LogP contribution in [0.2, 0.25) is 0 Å². The molecule has 13 heteroatoms. The van der Waals surface area contributed by atoms with Gasteiger partial charge in [0.1, 0.15) is 12.6 Å². The zero-order chi connectivity index (χ0) is 32.7. The number of amides is 2. The monoisotopic (exact) mass is 640 g/mol. The van der Waals surface area contributed by atoms with Gasteiger partial charge in [0.25, 0.3) is 5.69 Å². The van der Waals surface area contributed by atoms with Crippen LogP contribution < -0.4 is 16.0 Å². The Bertz CT molecular complexity index is 1290. The normalized spacial score (nSPS) is 15.8. The maximum absolute atomic E-state index is 12.9. The van der Waals surface area contributed by atoms with Crippen LogP contribution >= 0.6 is 11.9 Å². The Hall–Kier alpha value is -3.81. The molecule has 2 aromatic carbocycles. The number of anilines is 1. The molecule has 2 saturated heterocycles. The molecule has 12 nitrogen and oxygen atoms in total. The highest BCUT2D eigenvalue weighted by molar-refractivity contribution is 7.97. The lowest BCUT2D eigenvalue weighted by Gasteiger charge is -2.46. The van der Waals surface area contributed by atoms with Gasteiger partial charge >= 0.3 is 0 Å². The van der Waals surface area contributed by atoms with E-state index >= 15 is 0 Å². The molecule has 0 radical (unpaired) electrons. The lowest BCUT2D eigenvalue weighted by molar-refractivity contribution is -0.384. The predicted molar refractivity (Wildman–Crippen MR) is 175 cm³/mol. The number of rotatable bonds is 13. The number of hydrogen-bond donors (Lipinski definition) is 3. The molecule has 0 aliphatic carbocycles. The quantitative estimate of drug-likeness (QED) is 0.0961. The molecule has 0 saturated carbocycles. The standard InChI is InChI=1S/C26H33N5O4S.C6H11NO2/c1-27-17-23-20(19-32)3-2-4-24(23)28-18-25(33)29-13-9-26(10-14-29)11-15-30(16-12-26)36-22-7-5-21(6-8-22)31(34)35;1-7-6(9)4-2-3-5-8/h2-8,19,27-28H,9-18H2,1H3;5H,2-4H2,1H3,(H,7,9). The van der Waals surface area contributed by atoms with E-state index in [4.69, 9.17) is 0 Å². The van der Waals surface area contributed by atoms with Gasteiger partial charge in [-0.1, -0.05) is 12.1 Å². The van der Waals surface area contributed by atoms with Gasteiger partial charge in [-0.05, 0) is 80.3 Å². The van der Waals surface area contributed by atoms with E-state index in [1.807, 2.05) is 36.2 Å². The summed E-state index contributed by atoms with van der Waals surface area (Å²) in [5.41, 5.74) is 2.71. The van der Waals surface area contributed by atoms with E-state index in [-0.39, 0.29) is 34.4 Å². The zero-order valence-corrected chi connectivity index (χ0v) is 26.9. The van der Waals surface area contributed by atoms with E-state index < -0.39 is 0 Å². The molecule has 0 bridgehead atoms. The first kappa shape index (κ1) is 35.7. The first-order chi connectivity index (χ1) is 21.7. The van der Waals surface area contributed by atoms with Crippen LogP contribution in [0.15, 0.2) is 47.4 Å². The summed E-state index contributed by atoms with van der Waals surface area (Å²) in [6.45, 7) is 4.25. The molecule has 2 amide bonds. The van der Waals surface area contributed by atoms with Crippen molar-refractivity contribution >= 4 is 47.7 Å². The number of non-ortho nitro benzene ring substituents is 1. The third-order valence-corrected chi connectivity index (χ3v) is 9.48. The van der Waals surface area contributed by atoms with Crippen LogP contribution in [0.4, 0.5) is 11.4 Å². The maximum Gasteiger partial charge on any atom is 0.269 e. The third-order valence-electron chi connectivity index (χ3n) is 8.37. The van der Waals surface area contributed by atoms with Gasteiger partial charge in [0.2, 0.25) is 11.8 Å². The Morgan fingerprint density at radius 1 is 1.00 bits per heavy atom. The summed E-state index contributed by atoms with van der Waals surface area (Å²) in [5, 5.41) is 19.6. The molecule has 4 rings (SSSR count). The first-order valence-electron chi connectivity index (χ1n) is 15.3. The van der Waals surface area contributed by atoms with Crippen molar-refractivity contribution < 1.29 is 24.1 Å². The van der Waals surface area contributed by atoms with E-state index in [0.717, 1.165) is 80.6 Å². The molecular weight excluding hydrogens is 596 g/mol. The molecule has 3 N–H and O–H groups in total. The lowest BCUT2D eigenvalue weighted by Crippen LogP contribution is -2.48. The van der Waals surface area contributed by atoms with Crippen LogP contribution in [0.5, 0.6) is 0 Å². The van der Waals surface area contributed by atoms with Crippen LogP contribution in [0.25, 0.3) is 0 Å². The summed E-state index contributed by atoms with van der Waals surface area (Å²) < 4.78 is 2.34. The number of piperidine rings is 2. The molecular formula is C32H44N6O6S. The van der Waals surface area contributed by atoms with Crippen molar-refractivity contribution in [2.75, 3.05) is 52.1 Å². The molecule has 0 atom stereocenters. The van der Waals surface area contributed by atoms with Gasteiger partial charge in [0.05, 0.1) is 11.5 Å². The van der Waals surface area contributed by atoms with Crippen molar-refractivity contribution in [3.63, 3.8) is 0 Å². The average Bonchev–Trinajstić information content (AvgIpc) is 3.06. The molecule has 45 heavy (non-hydrogen) atoms. The van der Waals surface area contributed by atoms with Gasteiger partial charge in [0, 0.05) is 80.9 Å². The van der Waals surface area contributed by atoms with Gasteiger partial charge in [-0.15, -0.1) is 0 Å². The maximum atomic E-state index is 12.9. The number of nitrogens with zero attached hydrogens (tertiary/aromatic N) is 3. The summed E-state index contributed by atoms with van der Waals surface area (Å²) in [7, 11) is 3.42. The lowest BCUT2D eigenvalue weighted by atomic mass is 9.71. The van der Waals surface area contributed by atoms with Crippen LogP contribution in [0, 0.1) is 15.5 Å². The second-order valence-corrected chi connectivity index (χ2v) is 12.4. The Balaban J connectivity index is 0.000000535. The minimum atomic E-state index is -0.376. The second kappa shape index (κ2) is 18.2. The highest BCUT2D eigenvalue weighted by Gasteiger charge is 2.38. The minimum Gasteiger partial charge on any atom is -0.376 e. The van der Waals surface area contributed by atoms with Crippen LogP contribution in [0.3, 0.4) is 0 Å². The number of benzene rings is 2. The SMILES string of the molecule is CNC(=O)CCCC=O.CNCc1c(C=O)cccc1NCC(=O)N1CCC2(CCN(Sc3ccc([N+](=O)[O-])cc3)CC2)CC1. The average molecular weight is 641 g/mol. The Morgan fingerprint density at radius 3 is 2.24 bits per heavy atom. The molecule has 244 valence electrons. The summed E-state index contributed by atoms with van der Waals surface area (Å²) in [6, 6.07) is 12.2. The fraction of sp³-hybridized carbons (Fsp3) is 0.500. The van der Waals surface area contributed by atoms with E-state index in [0.29, 0.717) is 31.4 Å².